The molecule has 0 aliphatic heterocycles. The van der Waals surface area contributed by atoms with Crippen LogP contribution in [0.25, 0.3) is 0 Å². The minimum atomic E-state index is -0.0175. The Balaban J connectivity index is 2.49. The zero-order valence-electron chi connectivity index (χ0n) is 8.20. The second-order valence-corrected chi connectivity index (χ2v) is 3.64. The summed E-state index contributed by atoms with van der Waals surface area (Å²) in [7, 11) is 0. The maximum absolute atomic E-state index is 11.5. The van der Waals surface area contributed by atoms with E-state index >= 15 is 0 Å². The summed E-state index contributed by atoms with van der Waals surface area (Å²) in [6.07, 6.45) is 5.72. The van der Waals surface area contributed by atoms with Crippen molar-refractivity contribution >= 4 is 0 Å². The molecular weight excluding hydrogens is 178 g/mol. The first-order valence-corrected chi connectivity index (χ1v) is 5.10. The molecule has 14 heavy (non-hydrogen) atoms. The molecule has 0 unspecified atom stereocenters. The number of rotatable bonds is 2. The third-order valence-electron chi connectivity index (χ3n) is 2.69. The van der Waals surface area contributed by atoms with Crippen LogP contribution in [0.2, 0.25) is 0 Å². The number of aryl methyl sites for hydroxylation is 1. The van der Waals surface area contributed by atoms with Crippen LogP contribution < -0.4 is 11.3 Å². The topological polar surface area (TPSA) is 60.9 Å². The van der Waals surface area contributed by atoms with E-state index in [2.05, 4.69) is 4.98 Å². The fraction of sp³-hybridized carbons (Fsp3) is 0.600. The molecule has 0 saturated carbocycles. The van der Waals surface area contributed by atoms with E-state index < -0.39 is 0 Å². The van der Waals surface area contributed by atoms with Crippen molar-refractivity contribution in [1.82, 2.24) is 9.55 Å². The molecule has 1 aliphatic carbocycles. The van der Waals surface area contributed by atoms with Gasteiger partial charge in [0.05, 0.1) is 11.9 Å². The van der Waals surface area contributed by atoms with Crippen LogP contribution in [-0.4, -0.2) is 16.1 Å². The number of nitrogens with two attached hydrogens (primary N) is 1. The maximum Gasteiger partial charge on any atom is 0.269 e. The Labute approximate surface area is 82.8 Å². The quantitative estimate of drug-likeness (QED) is 0.723. The van der Waals surface area contributed by atoms with Gasteiger partial charge in [-0.2, -0.15) is 0 Å². The summed E-state index contributed by atoms with van der Waals surface area (Å²) < 4.78 is 1.78. The molecule has 0 radical (unpaired) electrons. The highest BCUT2D eigenvalue weighted by Gasteiger charge is 2.14. The first-order chi connectivity index (χ1) is 6.83. The lowest BCUT2D eigenvalue weighted by molar-refractivity contribution is 0.562. The molecule has 2 N–H and O–H groups in total. The van der Waals surface area contributed by atoms with E-state index in [9.17, 15) is 4.79 Å². The average Bonchev–Trinajstić information content (AvgIpc) is 2.23. The van der Waals surface area contributed by atoms with Crippen LogP contribution in [0.15, 0.2) is 11.0 Å². The average molecular weight is 193 g/mol. The summed E-state index contributed by atoms with van der Waals surface area (Å²) in [4.78, 5) is 15.7. The number of hydrogen-bond acceptors (Lipinski definition) is 3. The Morgan fingerprint density at radius 1 is 1.43 bits per heavy atom. The standard InChI is InChI=1S/C10H15N3O/c11-5-6-13-9-4-2-1-3-8(9)12-7-10(13)14/h7H,1-6,11H2. The van der Waals surface area contributed by atoms with Crippen molar-refractivity contribution in [3.05, 3.63) is 27.9 Å². The maximum atomic E-state index is 11.5. The van der Waals surface area contributed by atoms with Crippen molar-refractivity contribution in [3.63, 3.8) is 0 Å². The molecule has 0 aromatic carbocycles. The molecule has 0 atom stereocenters. The monoisotopic (exact) mass is 193 g/mol. The molecule has 2 rings (SSSR count). The number of nitrogens with zero attached hydrogens (tertiary/aromatic N) is 2. The Bertz CT molecular complexity index is 383. The Morgan fingerprint density at radius 2 is 2.21 bits per heavy atom. The SMILES string of the molecule is NCCn1c2c(ncc1=O)CCCC2. The van der Waals surface area contributed by atoms with Crippen molar-refractivity contribution in [2.75, 3.05) is 6.54 Å². The predicted molar refractivity (Wildman–Crippen MR) is 54.2 cm³/mol. The van der Waals surface area contributed by atoms with Crippen LogP contribution >= 0.6 is 0 Å². The molecule has 1 aromatic heterocycles. The van der Waals surface area contributed by atoms with Crippen molar-refractivity contribution < 1.29 is 0 Å². The number of hydrogen-bond donors (Lipinski definition) is 1. The van der Waals surface area contributed by atoms with Gasteiger partial charge >= 0.3 is 0 Å². The van der Waals surface area contributed by atoms with Crippen LogP contribution in [0.4, 0.5) is 0 Å². The van der Waals surface area contributed by atoms with Gasteiger partial charge in [0, 0.05) is 18.8 Å². The first-order valence-electron chi connectivity index (χ1n) is 5.10. The van der Waals surface area contributed by atoms with Crippen LogP contribution in [-0.2, 0) is 19.4 Å². The van der Waals surface area contributed by atoms with E-state index in [0.29, 0.717) is 13.1 Å². The summed E-state index contributed by atoms with van der Waals surface area (Å²) >= 11 is 0. The second-order valence-electron chi connectivity index (χ2n) is 3.64. The van der Waals surface area contributed by atoms with Crippen LogP contribution in [0.1, 0.15) is 24.2 Å². The first kappa shape index (κ1) is 9.40. The molecule has 0 bridgehead atoms. The second kappa shape index (κ2) is 3.92. The van der Waals surface area contributed by atoms with Gasteiger partial charge in [0.2, 0.25) is 0 Å². The molecule has 4 nitrogen and oxygen atoms in total. The molecule has 0 amide bonds. The Kier molecular flexibility index (Phi) is 2.63. The molecule has 0 fully saturated rings. The van der Waals surface area contributed by atoms with Gasteiger partial charge in [-0.25, -0.2) is 0 Å². The highest BCUT2D eigenvalue weighted by atomic mass is 16.1. The van der Waals surface area contributed by atoms with E-state index in [1.807, 2.05) is 0 Å². The van der Waals surface area contributed by atoms with Gasteiger partial charge in [-0.1, -0.05) is 0 Å². The lowest BCUT2D eigenvalue weighted by atomic mass is 10.0. The minimum absolute atomic E-state index is 0.0175. The number of fused-ring (bicyclic) bond motifs is 1. The predicted octanol–water partition coefficient (Wildman–Crippen LogP) is 0.0808. The molecular formula is C10H15N3O. The summed E-state index contributed by atoms with van der Waals surface area (Å²) in [6, 6.07) is 0. The molecule has 4 heteroatoms. The Hall–Kier alpha value is -1.16. The van der Waals surface area contributed by atoms with E-state index in [1.54, 1.807) is 4.57 Å². The third-order valence-corrected chi connectivity index (χ3v) is 2.69. The van der Waals surface area contributed by atoms with E-state index in [0.717, 1.165) is 30.7 Å². The third kappa shape index (κ3) is 1.57. The lowest BCUT2D eigenvalue weighted by Crippen LogP contribution is -2.30. The fourth-order valence-electron chi connectivity index (χ4n) is 2.01. The van der Waals surface area contributed by atoms with Crippen LogP contribution in [0.3, 0.4) is 0 Å². The summed E-state index contributed by atoms with van der Waals surface area (Å²) in [5.74, 6) is 0. The largest absolute Gasteiger partial charge is 0.329 e. The Morgan fingerprint density at radius 3 is 3.00 bits per heavy atom. The van der Waals surface area contributed by atoms with Crippen molar-refractivity contribution in [3.8, 4) is 0 Å². The lowest BCUT2D eigenvalue weighted by Gasteiger charge is -2.19. The van der Waals surface area contributed by atoms with Gasteiger partial charge in [0.25, 0.3) is 5.56 Å². The number of aromatic nitrogens is 2. The zero-order chi connectivity index (χ0) is 9.97. The van der Waals surface area contributed by atoms with E-state index in [-0.39, 0.29) is 5.56 Å². The molecule has 0 spiro atoms. The van der Waals surface area contributed by atoms with E-state index in [1.165, 1.54) is 12.6 Å². The van der Waals surface area contributed by atoms with Gasteiger partial charge in [0.15, 0.2) is 0 Å². The van der Waals surface area contributed by atoms with Crippen molar-refractivity contribution in [2.24, 2.45) is 5.73 Å². The normalized spacial score (nSPS) is 15.2. The zero-order valence-corrected chi connectivity index (χ0v) is 8.20. The summed E-state index contributed by atoms with van der Waals surface area (Å²) in [5, 5.41) is 0. The molecule has 1 aromatic rings. The van der Waals surface area contributed by atoms with Crippen LogP contribution in [0, 0.1) is 0 Å². The van der Waals surface area contributed by atoms with E-state index in [4.69, 9.17) is 5.73 Å². The highest BCUT2D eigenvalue weighted by molar-refractivity contribution is 5.15. The van der Waals surface area contributed by atoms with Gasteiger partial charge < -0.3 is 10.3 Å². The summed E-state index contributed by atoms with van der Waals surface area (Å²) in [5.41, 5.74) is 7.66. The van der Waals surface area contributed by atoms with Gasteiger partial charge in [-0.15, -0.1) is 0 Å². The molecule has 1 aliphatic rings. The summed E-state index contributed by atoms with van der Waals surface area (Å²) in [6.45, 7) is 1.13. The van der Waals surface area contributed by atoms with Gasteiger partial charge in [-0.05, 0) is 25.7 Å². The highest BCUT2D eigenvalue weighted by Crippen LogP contribution is 2.17. The molecule has 1 heterocycles. The molecule has 0 saturated heterocycles. The van der Waals surface area contributed by atoms with Crippen LogP contribution in [0.5, 0.6) is 0 Å². The van der Waals surface area contributed by atoms with Crippen molar-refractivity contribution in [2.45, 2.75) is 32.2 Å². The van der Waals surface area contributed by atoms with Gasteiger partial charge in [0.1, 0.15) is 0 Å². The smallest absolute Gasteiger partial charge is 0.269 e. The van der Waals surface area contributed by atoms with Gasteiger partial charge in [-0.3, -0.25) is 9.78 Å². The molecule has 76 valence electrons. The fourth-order valence-corrected chi connectivity index (χ4v) is 2.01. The van der Waals surface area contributed by atoms with Crippen molar-refractivity contribution in [1.29, 1.82) is 0 Å². The minimum Gasteiger partial charge on any atom is -0.329 e.